The highest BCUT2D eigenvalue weighted by molar-refractivity contribution is 5.79. The van der Waals surface area contributed by atoms with Gasteiger partial charge in [-0.1, -0.05) is 0 Å². The van der Waals surface area contributed by atoms with Crippen LogP contribution in [0.2, 0.25) is 0 Å². The summed E-state index contributed by atoms with van der Waals surface area (Å²) in [6.45, 7) is 6.83. The van der Waals surface area contributed by atoms with Gasteiger partial charge in [-0.15, -0.1) is 0 Å². The monoisotopic (exact) mass is 337 g/mol. The SMILES string of the molecule is CN1CCN(CC(=O)NC2CCC(N3CCNC(=O)C3)CC2)CC1. The van der Waals surface area contributed by atoms with Crippen LogP contribution in [0.15, 0.2) is 0 Å². The molecular formula is C17H31N5O2. The van der Waals surface area contributed by atoms with Crippen LogP contribution in [0.25, 0.3) is 0 Å². The Balaban J connectivity index is 1.36. The lowest BCUT2D eigenvalue weighted by atomic mass is 9.89. The summed E-state index contributed by atoms with van der Waals surface area (Å²) < 4.78 is 0. The predicted octanol–water partition coefficient (Wildman–Crippen LogP) is -0.907. The highest BCUT2D eigenvalue weighted by Crippen LogP contribution is 2.23. The fourth-order valence-electron chi connectivity index (χ4n) is 4.04. The van der Waals surface area contributed by atoms with Crippen LogP contribution in [0, 0.1) is 0 Å². The fourth-order valence-corrected chi connectivity index (χ4v) is 4.04. The molecule has 2 aliphatic heterocycles. The molecule has 1 aliphatic carbocycles. The smallest absolute Gasteiger partial charge is 0.234 e. The lowest BCUT2D eigenvalue weighted by Crippen LogP contribution is -2.54. The number of nitrogens with zero attached hydrogens (tertiary/aromatic N) is 3. The molecule has 0 aromatic rings. The first kappa shape index (κ1) is 17.6. The number of carbonyl (C=O) groups excluding carboxylic acids is 2. The zero-order valence-electron chi connectivity index (χ0n) is 14.8. The summed E-state index contributed by atoms with van der Waals surface area (Å²) in [6, 6.07) is 0.807. The molecule has 3 aliphatic rings. The third kappa shape index (κ3) is 4.91. The Morgan fingerprint density at radius 1 is 1.12 bits per heavy atom. The van der Waals surface area contributed by atoms with E-state index >= 15 is 0 Å². The summed E-state index contributed by atoms with van der Waals surface area (Å²) in [6.07, 6.45) is 4.20. The predicted molar refractivity (Wildman–Crippen MR) is 92.7 cm³/mol. The molecule has 136 valence electrons. The Hall–Kier alpha value is -1.18. The summed E-state index contributed by atoms with van der Waals surface area (Å²) >= 11 is 0. The first-order valence-electron chi connectivity index (χ1n) is 9.31. The Morgan fingerprint density at radius 3 is 2.50 bits per heavy atom. The Morgan fingerprint density at radius 2 is 1.83 bits per heavy atom. The minimum Gasteiger partial charge on any atom is -0.354 e. The standard InChI is InChI=1S/C17H31N5O2/c1-20-8-10-21(11-9-20)12-17(24)19-14-2-4-15(5-3-14)22-7-6-18-16(23)13-22/h14-15H,2-13H2,1H3,(H,18,23)(H,19,24). The Labute approximate surface area is 144 Å². The second kappa shape index (κ2) is 8.27. The zero-order valence-corrected chi connectivity index (χ0v) is 14.8. The van der Waals surface area contributed by atoms with E-state index in [2.05, 4.69) is 32.4 Å². The Kier molecular flexibility index (Phi) is 6.08. The minimum absolute atomic E-state index is 0.142. The van der Waals surface area contributed by atoms with E-state index in [1.54, 1.807) is 0 Å². The molecule has 0 radical (unpaired) electrons. The van der Waals surface area contributed by atoms with Gasteiger partial charge >= 0.3 is 0 Å². The van der Waals surface area contributed by atoms with Gasteiger partial charge in [-0.2, -0.15) is 0 Å². The number of carbonyl (C=O) groups is 2. The number of nitrogens with one attached hydrogen (secondary N) is 2. The average Bonchev–Trinajstić information content (AvgIpc) is 2.58. The van der Waals surface area contributed by atoms with Crippen molar-refractivity contribution in [2.24, 2.45) is 0 Å². The molecule has 1 saturated carbocycles. The average molecular weight is 337 g/mol. The topological polar surface area (TPSA) is 67.9 Å². The van der Waals surface area contributed by atoms with Crippen LogP contribution in [-0.2, 0) is 9.59 Å². The van der Waals surface area contributed by atoms with Gasteiger partial charge in [0.05, 0.1) is 13.1 Å². The number of amides is 2. The number of hydrogen-bond acceptors (Lipinski definition) is 5. The van der Waals surface area contributed by atoms with Crippen LogP contribution in [-0.4, -0.2) is 98.0 Å². The van der Waals surface area contributed by atoms with Crippen molar-refractivity contribution in [2.45, 2.75) is 37.8 Å². The maximum atomic E-state index is 12.3. The first-order chi connectivity index (χ1) is 11.6. The van der Waals surface area contributed by atoms with Crippen molar-refractivity contribution in [1.29, 1.82) is 0 Å². The maximum absolute atomic E-state index is 12.3. The molecule has 0 aromatic heterocycles. The van der Waals surface area contributed by atoms with E-state index in [1.807, 2.05) is 0 Å². The third-order valence-electron chi connectivity index (χ3n) is 5.61. The highest BCUT2D eigenvalue weighted by Gasteiger charge is 2.29. The van der Waals surface area contributed by atoms with Crippen molar-refractivity contribution in [3.05, 3.63) is 0 Å². The quantitative estimate of drug-likeness (QED) is 0.695. The van der Waals surface area contributed by atoms with Gasteiger partial charge in [-0.05, 0) is 32.7 Å². The van der Waals surface area contributed by atoms with Gasteiger partial charge in [0.1, 0.15) is 0 Å². The molecule has 0 atom stereocenters. The van der Waals surface area contributed by atoms with E-state index in [0.29, 0.717) is 25.2 Å². The van der Waals surface area contributed by atoms with E-state index in [0.717, 1.165) is 65.0 Å². The fraction of sp³-hybridized carbons (Fsp3) is 0.882. The molecule has 7 heteroatoms. The molecule has 2 saturated heterocycles. The summed E-state index contributed by atoms with van der Waals surface area (Å²) in [5.41, 5.74) is 0. The number of rotatable bonds is 4. The molecule has 24 heavy (non-hydrogen) atoms. The van der Waals surface area contributed by atoms with Gasteiger partial charge in [-0.3, -0.25) is 19.4 Å². The van der Waals surface area contributed by atoms with E-state index < -0.39 is 0 Å². The normalized spacial score (nSPS) is 30.8. The summed E-state index contributed by atoms with van der Waals surface area (Å²) in [5, 5.41) is 6.10. The highest BCUT2D eigenvalue weighted by atomic mass is 16.2. The van der Waals surface area contributed by atoms with E-state index in [9.17, 15) is 9.59 Å². The molecule has 2 heterocycles. The molecule has 0 unspecified atom stereocenters. The van der Waals surface area contributed by atoms with Crippen LogP contribution < -0.4 is 10.6 Å². The van der Waals surface area contributed by atoms with Crippen LogP contribution in [0.4, 0.5) is 0 Å². The number of piperazine rings is 2. The first-order valence-corrected chi connectivity index (χ1v) is 9.31. The second-order valence-corrected chi connectivity index (χ2v) is 7.47. The second-order valence-electron chi connectivity index (χ2n) is 7.47. The van der Waals surface area contributed by atoms with Gasteiger partial charge in [0.25, 0.3) is 0 Å². The van der Waals surface area contributed by atoms with Crippen LogP contribution in [0.5, 0.6) is 0 Å². The molecule has 2 amide bonds. The minimum atomic E-state index is 0.142. The van der Waals surface area contributed by atoms with Crippen molar-refractivity contribution in [3.8, 4) is 0 Å². The van der Waals surface area contributed by atoms with Crippen molar-refractivity contribution in [2.75, 3.05) is 59.4 Å². The molecule has 3 fully saturated rings. The van der Waals surface area contributed by atoms with Crippen molar-refractivity contribution >= 4 is 11.8 Å². The van der Waals surface area contributed by atoms with E-state index in [-0.39, 0.29) is 11.8 Å². The third-order valence-corrected chi connectivity index (χ3v) is 5.61. The zero-order chi connectivity index (χ0) is 16.9. The lowest BCUT2D eigenvalue weighted by Gasteiger charge is -2.39. The van der Waals surface area contributed by atoms with Gasteiger partial charge in [0.2, 0.25) is 11.8 Å². The number of likely N-dealkylation sites (N-methyl/N-ethyl adjacent to an activating group) is 1. The number of hydrogen-bond donors (Lipinski definition) is 2. The van der Waals surface area contributed by atoms with Gasteiger partial charge in [-0.25, -0.2) is 0 Å². The molecule has 7 nitrogen and oxygen atoms in total. The maximum Gasteiger partial charge on any atom is 0.234 e. The summed E-state index contributed by atoms with van der Waals surface area (Å²) in [4.78, 5) is 30.6. The van der Waals surface area contributed by atoms with E-state index in [4.69, 9.17) is 0 Å². The summed E-state index contributed by atoms with van der Waals surface area (Å²) in [5.74, 6) is 0.309. The molecule has 0 spiro atoms. The molecule has 0 bridgehead atoms. The summed E-state index contributed by atoms with van der Waals surface area (Å²) in [7, 11) is 2.13. The van der Waals surface area contributed by atoms with Gasteiger partial charge in [0, 0.05) is 51.4 Å². The Bertz CT molecular complexity index is 442. The lowest BCUT2D eigenvalue weighted by molar-refractivity contribution is -0.125. The van der Waals surface area contributed by atoms with Gasteiger partial charge in [0.15, 0.2) is 0 Å². The van der Waals surface area contributed by atoms with Crippen LogP contribution in [0.1, 0.15) is 25.7 Å². The van der Waals surface area contributed by atoms with Crippen molar-refractivity contribution in [3.63, 3.8) is 0 Å². The van der Waals surface area contributed by atoms with Crippen LogP contribution >= 0.6 is 0 Å². The largest absolute Gasteiger partial charge is 0.354 e. The van der Waals surface area contributed by atoms with Crippen LogP contribution in [0.3, 0.4) is 0 Å². The van der Waals surface area contributed by atoms with E-state index in [1.165, 1.54) is 0 Å². The molecule has 0 aromatic carbocycles. The molecular weight excluding hydrogens is 306 g/mol. The van der Waals surface area contributed by atoms with Crippen molar-refractivity contribution in [1.82, 2.24) is 25.3 Å². The molecule has 2 N–H and O–H groups in total. The van der Waals surface area contributed by atoms with Gasteiger partial charge < -0.3 is 15.5 Å². The molecule has 3 rings (SSSR count). The van der Waals surface area contributed by atoms with Crippen molar-refractivity contribution < 1.29 is 9.59 Å².